The van der Waals surface area contributed by atoms with Crippen LogP contribution in [0.3, 0.4) is 0 Å². The monoisotopic (exact) mass is 281 g/mol. The molecule has 0 amide bonds. The van der Waals surface area contributed by atoms with E-state index < -0.39 is 9.84 Å². The number of hydrogen-bond acceptors (Lipinski definition) is 5. The van der Waals surface area contributed by atoms with Crippen LogP contribution in [-0.4, -0.2) is 32.0 Å². The minimum Gasteiger partial charge on any atom is -0.496 e. The number of methoxy groups -OCH3 is 1. The number of aromatic nitrogens is 2. The minimum absolute atomic E-state index is 0.148. The number of ether oxygens (including phenoxy) is 1. The lowest BCUT2D eigenvalue weighted by atomic mass is 10.0. The number of rotatable bonds is 4. The van der Waals surface area contributed by atoms with Gasteiger partial charge in [-0.15, -0.1) is 0 Å². The third-order valence-electron chi connectivity index (χ3n) is 2.65. The van der Waals surface area contributed by atoms with Gasteiger partial charge in [0.15, 0.2) is 15.7 Å². The second kappa shape index (κ2) is 4.93. The zero-order valence-electron chi connectivity index (χ0n) is 10.7. The van der Waals surface area contributed by atoms with Crippen molar-refractivity contribution in [2.45, 2.75) is 5.75 Å². The average Bonchev–Trinajstić information content (AvgIpc) is 2.68. The van der Waals surface area contributed by atoms with Gasteiger partial charge in [0, 0.05) is 11.8 Å². The highest BCUT2D eigenvalue weighted by atomic mass is 32.2. The largest absolute Gasteiger partial charge is 0.496 e. The number of hydrogen-bond donors (Lipinski definition) is 2. The number of sulfone groups is 1. The van der Waals surface area contributed by atoms with E-state index in [1.165, 1.54) is 0 Å². The van der Waals surface area contributed by atoms with Crippen molar-refractivity contribution in [3.8, 4) is 16.9 Å². The highest BCUT2D eigenvalue weighted by Gasteiger charge is 2.19. The van der Waals surface area contributed by atoms with Crippen molar-refractivity contribution in [2.75, 3.05) is 19.1 Å². The summed E-state index contributed by atoms with van der Waals surface area (Å²) in [7, 11) is -1.63. The number of nitrogens with one attached hydrogen (secondary N) is 1. The summed E-state index contributed by atoms with van der Waals surface area (Å²) >= 11 is 0. The maximum atomic E-state index is 11.4. The number of anilines is 1. The second-order valence-corrected chi connectivity index (χ2v) is 6.37. The molecule has 1 heterocycles. The van der Waals surface area contributed by atoms with Crippen LogP contribution in [0.5, 0.6) is 5.75 Å². The Bertz CT molecular complexity index is 692. The number of nitrogens with two attached hydrogens (primary N) is 1. The fourth-order valence-electron chi connectivity index (χ4n) is 1.91. The van der Waals surface area contributed by atoms with Gasteiger partial charge in [-0.1, -0.05) is 18.2 Å². The van der Waals surface area contributed by atoms with Gasteiger partial charge in [0.05, 0.1) is 24.1 Å². The molecule has 0 saturated heterocycles. The van der Waals surface area contributed by atoms with E-state index in [4.69, 9.17) is 10.5 Å². The third kappa shape index (κ3) is 2.87. The predicted molar refractivity (Wildman–Crippen MR) is 73.5 cm³/mol. The summed E-state index contributed by atoms with van der Waals surface area (Å²) in [6, 6.07) is 7.25. The molecule has 0 saturated carbocycles. The van der Waals surface area contributed by atoms with Crippen LogP contribution in [-0.2, 0) is 15.6 Å². The Morgan fingerprint density at radius 2 is 2.05 bits per heavy atom. The van der Waals surface area contributed by atoms with E-state index in [9.17, 15) is 8.42 Å². The van der Waals surface area contributed by atoms with E-state index in [2.05, 4.69) is 10.2 Å². The van der Waals surface area contributed by atoms with E-state index in [0.29, 0.717) is 17.0 Å². The highest BCUT2D eigenvalue weighted by Crippen LogP contribution is 2.35. The molecule has 0 radical (unpaired) electrons. The van der Waals surface area contributed by atoms with Gasteiger partial charge in [-0.05, 0) is 6.07 Å². The quantitative estimate of drug-likeness (QED) is 0.877. The molecule has 6 nitrogen and oxygen atoms in total. The molecule has 0 aliphatic carbocycles. The molecule has 19 heavy (non-hydrogen) atoms. The molecule has 7 heteroatoms. The SMILES string of the molecule is COc1ccccc1-c1c(N)n[nH]c1CS(C)(=O)=O. The molecule has 2 aromatic rings. The molecule has 102 valence electrons. The van der Waals surface area contributed by atoms with Crippen molar-refractivity contribution in [1.29, 1.82) is 0 Å². The van der Waals surface area contributed by atoms with Crippen molar-refractivity contribution < 1.29 is 13.2 Å². The molecule has 0 atom stereocenters. The summed E-state index contributed by atoms with van der Waals surface area (Å²) in [5.41, 5.74) is 7.58. The highest BCUT2D eigenvalue weighted by molar-refractivity contribution is 7.89. The predicted octanol–water partition coefficient (Wildman–Crippen LogP) is 1.21. The first-order valence-corrected chi connectivity index (χ1v) is 7.62. The zero-order valence-corrected chi connectivity index (χ0v) is 11.5. The van der Waals surface area contributed by atoms with Crippen LogP contribution >= 0.6 is 0 Å². The lowest BCUT2D eigenvalue weighted by Crippen LogP contribution is -2.03. The first-order chi connectivity index (χ1) is 8.92. The standard InChI is InChI=1S/C12H15N3O3S/c1-18-10-6-4-3-5-8(10)11-9(7-19(2,16)17)14-15-12(11)13/h3-6H,7H2,1-2H3,(H3,13,14,15). The number of para-hydroxylation sites is 1. The van der Waals surface area contributed by atoms with Gasteiger partial charge in [0.25, 0.3) is 0 Å². The Morgan fingerprint density at radius 3 is 2.68 bits per heavy atom. The third-order valence-corrected chi connectivity index (χ3v) is 3.47. The fraction of sp³-hybridized carbons (Fsp3) is 0.250. The van der Waals surface area contributed by atoms with E-state index in [-0.39, 0.29) is 11.6 Å². The van der Waals surface area contributed by atoms with Gasteiger partial charge in [0.2, 0.25) is 0 Å². The summed E-state index contributed by atoms with van der Waals surface area (Å²) in [5, 5.41) is 6.56. The summed E-state index contributed by atoms with van der Waals surface area (Å²) in [5.74, 6) is 0.721. The molecule has 0 aliphatic rings. The molecule has 2 rings (SSSR count). The average molecular weight is 281 g/mol. The van der Waals surface area contributed by atoms with E-state index in [1.54, 1.807) is 13.2 Å². The van der Waals surface area contributed by atoms with Crippen LogP contribution in [0.1, 0.15) is 5.69 Å². The molecule has 0 bridgehead atoms. The van der Waals surface area contributed by atoms with Crippen LogP contribution in [0.2, 0.25) is 0 Å². The van der Waals surface area contributed by atoms with Crippen LogP contribution in [0.4, 0.5) is 5.82 Å². The van der Waals surface area contributed by atoms with Crippen molar-refractivity contribution in [3.63, 3.8) is 0 Å². The summed E-state index contributed by atoms with van der Waals surface area (Å²) in [6.07, 6.45) is 1.16. The van der Waals surface area contributed by atoms with Gasteiger partial charge < -0.3 is 10.5 Å². The Kier molecular flexibility index (Phi) is 3.48. The maximum Gasteiger partial charge on any atom is 0.153 e. The normalized spacial score (nSPS) is 11.5. The summed E-state index contributed by atoms with van der Waals surface area (Å²) < 4.78 is 28.1. The first kappa shape index (κ1) is 13.4. The molecule has 0 spiro atoms. The Labute approximate surface area is 111 Å². The molecular formula is C12H15N3O3S. The zero-order chi connectivity index (χ0) is 14.0. The second-order valence-electron chi connectivity index (χ2n) is 4.23. The molecule has 1 aromatic heterocycles. The number of benzene rings is 1. The molecule has 0 fully saturated rings. The van der Waals surface area contributed by atoms with Crippen molar-refractivity contribution >= 4 is 15.7 Å². The number of aromatic amines is 1. The Morgan fingerprint density at radius 1 is 1.37 bits per heavy atom. The topological polar surface area (TPSA) is 98.1 Å². The molecule has 1 aromatic carbocycles. The van der Waals surface area contributed by atoms with Crippen molar-refractivity contribution in [2.24, 2.45) is 0 Å². The van der Waals surface area contributed by atoms with E-state index in [1.807, 2.05) is 18.2 Å². The number of nitrogen functional groups attached to an aromatic ring is 1. The lowest BCUT2D eigenvalue weighted by molar-refractivity contribution is 0.416. The Hall–Kier alpha value is -2.02. The summed E-state index contributed by atoms with van der Waals surface area (Å²) in [4.78, 5) is 0. The van der Waals surface area contributed by atoms with Crippen LogP contribution in [0.25, 0.3) is 11.1 Å². The lowest BCUT2D eigenvalue weighted by Gasteiger charge is -2.09. The Balaban J connectivity index is 2.59. The first-order valence-electron chi connectivity index (χ1n) is 5.56. The molecule has 3 N–H and O–H groups in total. The van der Waals surface area contributed by atoms with E-state index >= 15 is 0 Å². The van der Waals surface area contributed by atoms with Crippen LogP contribution in [0, 0.1) is 0 Å². The van der Waals surface area contributed by atoms with Crippen LogP contribution in [0.15, 0.2) is 24.3 Å². The van der Waals surface area contributed by atoms with E-state index in [0.717, 1.165) is 11.8 Å². The maximum absolute atomic E-state index is 11.4. The number of H-pyrrole nitrogens is 1. The molecule has 0 unspecified atom stereocenters. The minimum atomic E-state index is -3.18. The van der Waals surface area contributed by atoms with Crippen molar-refractivity contribution in [3.05, 3.63) is 30.0 Å². The smallest absolute Gasteiger partial charge is 0.153 e. The van der Waals surface area contributed by atoms with Crippen molar-refractivity contribution in [1.82, 2.24) is 10.2 Å². The number of nitrogens with zero attached hydrogens (tertiary/aromatic N) is 1. The van der Waals surface area contributed by atoms with Gasteiger partial charge in [-0.3, -0.25) is 5.10 Å². The van der Waals surface area contributed by atoms with Gasteiger partial charge in [-0.2, -0.15) is 5.10 Å². The molecular weight excluding hydrogens is 266 g/mol. The fourth-order valence-corrected chi connectivity index (χ4v) is 2.65. The summed E-state index contributed by atoms with van der Waals surface area (Å²) in [6.45, 7) is 0. The van der Waals surface area contributed by atoms with Gasteiger partial charge in [-0.25, -0.2) is 8.42 Å². The molecule has 0 aliphatic heterocycles. The van der Waals surface area contributed by atoms with Gasteiger partial charge in [0.1, 0.15) is 5.75 Å². The van der Waals surface area contributed by atoms with Crippen LogP contribution < -0.4 is 10.5 Å². The van der Waals surface area contributed by atoms with Gasteiger partial charge >= 0.3 is 0 Å².